The predicted octanol–water partition coefficient (Wildman–Crippen LogP) is 2.50. The molecule has 4 rings (SSSR count). The molecule has 23 heavy (non-hydrogen) atoms. The highest BCUT2D eigenvalue weighted by Gasteiger charge is 2.55. The molecule has 126 valence electrons. The van der Waals surface area contributed by atoms with Crippen LogP contribution < -0.4 is 10.2 Å². The van der Waals surface area contributed by atoms with Crippen molar-refractivity contribution in [2.75, 3.05) is 38.3 Å². The molecule has 1 saturated heterocycles. The second-order valence-electron chi connectivity index (χ2n) is 7.15. The first-order valence-electron chi connectivity index (χ1n) is 8.32. The van der Waals surface area contributed by atoms with Crippen LogP contribution in [0.5, 0.6) is 0 Å². The normalized spacial score (nSPS) is 23.3. The molecule has 1 aromatic rings. The Labute approximate surface area is 144 Å². The van der Waals surface area contributed by atoms with Crippen molar-refractivity contribution in [3.8, 4) is 0 Å². The van der Waals surface area contributed by atoms with Crippen molar-refractivity contribution < 1.29 is 9.53 Å². The molecule has 5 heteroatoms. The first kappa shape index (κ1) is 16.7. The highest BCUT2D eigenvalue weighted by atomic mass is 35.5. The lowest BCUT2D eigenvalue weighted by molar-refractivity contribution is -0.133. The first-order chi connectivity index (χ1) is 10.7. The van der Waals surface area contributed by atoms with Crippen molar-refractivity contribution in [1.29, 1.82) is 0 Å². The van der Waals surface area contributed by atoms with E-state index in [-0.39, 0.29) is 29.1 Å². The van der Waals surface area contributed by atoms with E-state index in [1.54, 1.807) is 7.11 Å². The van der Waals surface area contributed by atoms with Crippen LogP contribution in [0, 0.1) is 5.41 Å². The molecule has 4 nitrogen and oxygen atoms in total. The van der Waals surface area contributed by atoms with Crippen molar-refractivity contribution in [3.63, 3.8) is 0 Å². The second kappa shape index (κ2) is 6.08. The van der Waals surface area contributed by atoms with Crippen LogP contribution in [0.2, 0.25) is 0 Å². The van der Waals surface area contributed by atoms with E-state index in [4.69, 9.17) is 4.74 Å². The number of fused-ring (bicyclic) bond motifs is 2. The highest BCUT2D eigenvalue weighted by Crippen LogP contribution is 2.57. The zero-order chi connectivity index (χ0) is 15.2. The number of para-hydroxylation sites is 1. The van der Waals surface area contributed by atoms with Gasteiger partial charge in [-0.1, -0.05) is 18.2 Å². The molecule has 2 aliphatic heterocycles. The minimum absolute atomic E-state index is 0. The summed E-state index contributed by atoms with van der Waals surface area (Å²) in [6, 6.07) is 8.47. The van der Waals surface area contributed by atoms with Crippen LogP contribution in [-0.2, 0) is 14.9 Å². The maximum Gasteiger partial charge on any atom is 0.235 e. The molecular weight excluding hydrogens is 312 g/mol. The zero-order valence-electron chi connectivity index (χ0n) is 13.6. The van der Waals surface area contributed by atoms with Gasteiger partial charge >= 0.3 is 0 Å². The molecule has 2 heterocycles. The number of hydrogen-bond donors (Lipinski definition) is 1. The first-order valence-corrected chi connectivity index (χ1v) is 8.32. The number of benzene rings is 1. The van der Waals surface area contributed by atoms with E-state index < -0.39 is 0 Å². The summed E-state index contributed by atoms with van der Waals surface area (Å²) in [5.74, 6) is 0.270. The third-order valence-electron chi connectivity index (χ3n) is 5.76. The monoisotopic (exact) mass is 336 g/mol. The molecule has 0 unspecified atom stereocenters. The average Bonchev–Trinajstić information content (AvgIpc) is 3.26. The topological polar surface area (TPSA) is 41.6 Å². The Hall–Kier alpha value is -1.10. The summed E-state index contributed by atoms with van der Waals surface area (Å²) in [7, 11) is 1.71. The molecule has 3 aliphatic rings. The number of nitrogens with zero attached hydrogens (tertiary/aromatic N) is 1. The van der Waals surface area contributed by atoms with Gasteiger partial charge in [0, 0.05) is 24.8 Å². The second-order valence-corrected chi connectivity index (χ2v) is 7.15. The standard InChI is InChI=1S/C18H24N2O2.ClH/c1-22-13-18(8-10-19-11-9-18)16(21)20-12-17(6-7-17)14-4-2-3-5-15(14)20;/h2-5,19H,6-13H2,1H3;1H. The summed E-state index contributed by atoms with van der Waals surface area (Å²) in [6.45, 7) is 3.19. The Morgan fingerprint density at radius 2 is 1.91 bits per heavy atom. The summed E-state index contributed by atoms with van der Waals surface area (Å²) in [5, 5.41) is 3.36. The van der Waals surface area contributed by atoms with Crippen molar-refractivity contribution in [1.82, 2.24) is 5.32 Å². The zero-order valence-corrected chi connectivity index (χ0v) is 14.5. The van der Waals surface area contributed by atoms with Crippen molar-refractivity contribution in [2.24, 2.45) is 5.41 Å². The molecular formula is C18H25ClN2O2. The Morgan fingerprint density at radius 1 is 1.22 bits per heavy atom. The fourth-order valence-corrected chi connectivity index (χ4v) is 4.28. The summed E-state index contributed by atoms with van der Waals surface area (Å²) < 4.78 is 5.45. The maximum absolute atomic E-state index is 13.4. The van der Waals surface area contributed by atoms with E-state index in [9.17, 15) is 4.79 Å². The lowest BCUT2D eigenvalue weighted by Gasteiger charge is -2.38. The number of ether oxygens (including phenoxy) is 1. The number of methoxy groups -OCH3 is 1. The van der Waals surface area contributed by atoms with Gasteiger partial charge in [0.1, 0.15) is 0 Å². The van der Waals surface area contributed by atoms with Gasteiger partial charge in [0.15, 0.2) is 0 Å². The molecule has 1 aromatic carbocycles. The fraction of sp³-hybridized carbons (Fsp3) is 0.611. The van der Waals surface area contributed by atoms with Gasteiger partial charge in [-0.05, 0) is 50.4 Å². The lowest BCUT2D eigenvalue weighted by atomic mass is 9.78. The molecule has 1 saturated carbocycles. The Morgan fingerprint density at radius 3 is 2.57 bits per heavy atom. The maximum atomic E-state index is 13.4. The van der Waals surface area contributed by atoms with Gasteiger partial charge in [0.25, 0.3) is 0 Å². The third-order valence-corrected chi connectivity index (χ3v) is 5.76. The van der Waals surface area contributed by atoms with Crippen molar-refractivity contribution >= 4 is 24.0 Å². The van der Waals surface area contributed by atoms with Crippen molar-refractivity contribution in [3.05, 3.63) is 29.8 Å². The molecule has 0 bridgehead atoms. The van der Waals surface area contributed by atoms with Gasteiger partial charge in [0.2, 0.25) is 5.91 Å². The SMILES string of the molecule is COCC1(C(=O)N2CC3(CC3)c3ccccc32)CCNCC1.Cl. The summed E-state index contributed by atoms with van der Waals surface area (Å²) in [6.07, 6.45) is 4.16. The molecule has 1 spiro atoms. The van der Waals surface area contributed by atoms with E-state index in [2.05, 4.69) is 28.4 Å². The number of carbonyl (C=O) groups excluding carboxylic acids is 1. The lowest BCUT2D eigenvalue weighted by Crippen LogP contribution is -2.51. The molecule has 2 fully saturated rings. The van der Waals surface area contributed by atoms with Crippen LogP contribution in [0.4, 0.5) is 5.69 Å². The smallest absolute Gasteiger partial charge is 0.235 e. The van der Waals surface area contributed by atoms with Gasteiger partial charge < -0.3 is 15.0 Å². The predicted molar refractivity (Wildman–Crippen MR) is 93.4 cm³/mol. The molecule has 1 N–H and O–H groups in total. The van der Waals surface area contributed by atoms with Crippen LogP contribution in [0.15, 0.2) is 24.3 Å². The minimum atomic E-state index is -0.354. The number of piperidine rings is 1. The van der Waals surface area contributed by atoms with Crippen LogP contribution in [0.1, 0.15) is 31.2 Å². The minimum Gasteiger partial charge on any atom is -0.384 e. The number of nitrogens with one attached hydrogen (secondary N) is 1. The van der Waals surface area contributed by atoms with Crippen LogP contribution in [-0.4, -0.2) is 39.3 Å². The van der Waals surface area contributed by atoms with E-state index >= 15 is 0 Å². The quantitative estimate of drug-likeness (QED) is 0.922. The van der Waals surface area contributed by atoms with Gasteiger partial charge in [-0.25, -0.2) is 0 Å². The van der Waals surface area contributed by atoms with Gasteiger partial charge in [-0.15, -0.1) is 12.4 Å². The summed E-state index contributed by atoms with van der Waals surface area (Å²) >= 11 is 0. The number of rotatable bonds is 3. The molecule has 0 radical (unpaired) electrons. The van der Waals surface area contributed by atoms with Crippen LogP contribution in [0.3, 0.4) is 0 Å². The number of carbonyl (C=O) groups is 1. The molecule has 0 atom stereocenters. The third kappa shape index (κ3) is 2.57. The van der Waals surface area contributed by atoms with Gasteiger partial charge in [-0.2, -0.15) is 0 Å². The van der Waals surface area contributed by atoms with E-state index in [0.29, 0.717) is 6.61 Å². The highest BCUT2D eigenvalue weighted by molar-refractivity contribution is 6.00. The van der Waals surface area contributed by atoms with E-state index in [1.165, 1.54) is 18.4 Å². The fourth-order valence-electron chi connectivity index (χ4n) is 4.28. The summed E-state index contributed by atoms with van der Waals surface area (Å²) in [4.78, 5) is 15.5. The van der Waals surface area contributed by atoms with Gasteiger partial charge in [-0.3, -0.25) is 4.79 Å². The van der Waals surface area contributed by atoms with Crippen molar-refractivity contribution in [2.45, 2.75) is 31.1 Å². The average molecular weight is 337 g/mol. The molecule has 0 aromatic heterocycles. The van der Waals surface area contributed by atoms with Crippen LogP contribution in [0.25, 0.3) is 0 Å². The van der Waals surface area contributed by atoms with E-state index in [1.807, 2.05) is 6.07 Å². The Kier molecular flexibility index (Phi) is 4.43. The number of halogens is 1. The Balaban J connectivity index is 0.00000156. The van der Waals surface area contributed by atoms with E-state index in [0.717, 1.165) is 38.2 Å². The number of amides is 1. The number of anilines is 1. The Bertz CT molecular complexity index is 589. The summed E-state index contributed by atoms with van der Waals surface area (Å²) in [5.41, 5.74) is 2.42. The molecule has 1 aliphatic carbocycles. The largest absolute Gasteiger partial charge is 0.384 e. The van der Waals surface area contributed by atoms with Gasteiger partial charge in [0.05, 0.1) is 12.0 Å². The molecule has 1 amide bonds. The number of hydrogen-bond acceptors (Lipinski definition) is 3. The van der Waals surface area contributed by atoms with Crippen LogP contribution >= 0.6 is 12.4 Å².